The van der Waals surface area contributed by atoms with Gasteiger partial charge in [-0.05, 0) is 81.8 Å². The molecule has 0 radical (unpaired) electrons. The summed E-state index contributed by atoms with van der Waals surface area (Å²) in [5, 5.41) is 11.7. The van der Waals surface area contributed by atoms with Gasteiger partial charge in [0.05, 0.1) is 30.8 Å². The Kier molecular flexibility index (Phi) is 9.86. The number of aromatic nitrogens is 3. The van der Waals surface area contributed by atoms with Gasteiger partial charge >= 0.3 is 0 Å². The van der Waals surface area contributed by atoms with Gasteiger partial charge in [-0.3, -0.25) is 4.98 Å². The number of ether oxygens (including phenoxy) is 3. The highest BCUT2D eigenvalue weighted by molar-refractivity contribution is 5.51. The van der Waals surface area contributed by atoms with Crippen molar-refractivity contribution in [2.75, 3.05) is 31.2 Å². The molecule has 0 spiro atoms. The molecule has 0 bridgehead atoms. The first-order valence-electron chi connectivity index (χ1n) is 18.5. The predicted molar refractivity (Wildman–Crippen MR) is 188 cm³/mol. The second-order valence-electron chi connectivity index (χ2n) is 16.4. The summed E-state index contributed by atoms with van der Waals surface area (Å²) in [7, 11) is 0. The van der Waals surface area contributed by atoms with E-state index in [-0.39, 0.29) is 49.0 Å². The molecule has 2 aliphatic heterocycles. The third-order valence-electron chi connectivity index (χ3n) is 11.2. The molecule has 0 unspecified atom stereocenters. The van der Waals surface area contributed by atoms with Crippen LogP contribution in [0.25, 0.3) is 0 Å². The van der Waals surface area contributed by atoms with Crippen molar-refractivity contribution in [1.29, 1.82) is 0 Å². The van der Waals surface area contributed by atoms with Crippen LogP contribution < -0.4 is 9.64 Å². The minimum Gasteiger partial charge on any atom is -0.488 e. The maximum absolute atomic E-state index is 17.3. The molecule has 51 heavy (non-hydrogen) atoms. The number of piperidine rings is 1. The summed E-state index contributed by atoms with van der Waals surface area (Å²) < 4.78 is 63.6. The van der Waals surface area contributed by atoms with Crippen LogP contribution in [0, 0.1) is 12.3 Å². The molecule has 3 atom stereocenters. The van der Waals surface area contributed by atoms with E-state index >= 15 is 4.39 Å². The van der Waals surface area contributed by atoms with Crippen LogP contribution in [-0.4, -0.2) is 64.2 Å². The lowest BCUT2D eigenvalue weighted by atomic mass is 9.68. The highest BCUT2D eigenvalue weighted by atomic mass is 19.3. The number of hydrogen-bond donors (Lipinski definition) is 1. The number of aliphatic hydroxyl groups excluding tert-OH is 1. The van der Waals surface area contributed by atoms with Crippen molar-refractivity contribution in [1.82, 2.24) is 15.0 Å². The molecule has 1 saturated carbocycles. The number of nitrogens with zero attached hydrogens (tertiary/aromatic N) is 4. The minimum absolute atomic E-state index is 0.0586. The maximum Gasteiger partial charge on any atom is 0.248 e. The first kappa shape index (κ1) is 36.1. The summed E-state index contributed by atoms with van der Waals surface area (Å²) in [5.41, 5.74) is 4.75. The average molecular weight is 709 g/mol. The van der Waals surface area contributed by atoms with E-state index in [4.69, 9.17) is 19.2 Å². The molecule has 3 fully saturated rings. The molecule has 4 heterocycles. The SMILES string of the molecule is Cc1ccc([C@H](F)c2c(C3CCN(c4ncc(OC[C@@H]5COC(C)(C)O5)cn4)CC3)nc3c(c2C2CCC(F)(F)CC2)[C@@H](O)CC(C)(C)C3)cc1. The number of aliphatic hydroxyl groups is 1. The van der Waals surface area contributed by atoms with E-state index < -0.39 is 24.0 Å². The zero-order valence-electron chi connectivity index (χ0n) is 30.4. The largest absolute Gasteiger partial charge is 0.488 e. The van der Waals surface area contributed by atoms with E-state index in [9.17, 15) is 13.9 Å². The van der Waals surface area contributed by atoms with Gasteiger partial charge in [-0.1, -0.05) is 43.7 Å². The van der Waals surface area contributed by atoms with Crippen molar-refractivity contribution < 1.29 is 32.5 Å². The van der Waals surface area contributed by atoms with Crippen molar-refractivity contribution in [3.8, 4) is 5.75 Å². The van der Waals surface area contributed by atoms with Crippen molar-refractivity contribution in [3.63, 3.8) is 0 Å². The summed E-state index contributed by atoms with van der Waals surface area (Å²) in [6, 6.07) is 7.42. The predicted octanol–water partition coefficient (Wildman–Crippen LogP) is 8.45. The number of halogens is 3. The molecule has 2 aliphatic carbocycles. The summed E-state index contributed by atoms with van der Waals surface area (Å²) in [6.07, 6.45) is 3.42. The Bertz CT molecular complexity index is 1680. The van der Waals surface area contributed by atoms with Gasteiger partial charge in [0, 0.05) is 48.7 Å². The van der Waals surface area contributed by atoms with Gasteiger partial charge in [0.25, 0.3) is 0 Å². The van der Waals surface area contributed by atoms with E-state index in [1.807, 2.05) is 45.0 Å². The van der Waals surface area contributed by atoms with Gasteiger partial charge in [-0.25, -0.2) is 23.1 Å². The average Bonchev–Trinajstić information content (AvgIpc) is 3.44. The molecular formula is C40H51F3N4O4. The number of aryl methyl sites for hydroxylation is 1. The Hall–Kier alpha value is -3.28. The first-order chi connectivity index (χ1) is 24.2. The van der Waals surface area contributed by atoms with Crippen LogP contribution >= 0.6 is 0 Å². The van der Waals surface area contributed by atoms with Gasteiger partial charge in [0.2, 0.25) is 11.9 Å². The summed E-state index contributed by atoms with van der Waals surface area (Å²) in [4.78, 5) is 16.6. The van der Waals surface area contributed by atoms with E-state index in [0.717, 1.165) is 16.8 Å². The van der Waals surface area contributed by atoms with Crippen LogP contribution in [0.5, 0.6) is 5.75 Å². The Labute approximate surface area is 299 Å². The van der Waals surface area contributed by atoms with Crippen LogP contribution in [0.4, 0.5) is 19.1 Å². The Morgan fingerprint density at radius 1 is 0.961 bits per heavy atom. The minimum atomic E-state index is -2.73. The standard InChI is InChI=1S/C40H51F3N4O4/c1-24-6-8-26(9-7-24)35(41)34-32(25-10-14-40(42,43)15-11-25)33-30(18-38(2,3)19-31(33)48)46-36(34)27-12-16-47(17-13-27)37-44-20-28(21-45-37)49-22-29-23-50-39(4,5)51-29/h6-9,20-21,25,27,29,31,35,48H,10-19,22-23H2,1-5H3/t29-,31+,35+/m1/s1. The van der Waals surface area contributed by atoms with Crippen LogP contribution in [0.2, 0.25) is 0 Å². The monoisotopic (exact) mass is 708 g/mol. The topological polar surface area (TPSA) is 89.8 Å². The van der Waals surface area contributed by atoms with Crippen molar-refractivity contribution in [2.24, 2.45) is 5.41 Å². The van der Waals surface area contributed by atoms with Crippen LogP contribution in [0.15, 0.2) is 36.7 Å². The van der Waals surface area contributed by atoms with E-state index in [2.05, 4.69) is 28.7 Å². The lowest BCUT2D eigenvalue weighted by Gasteiger charge is -2.41. The fourth-order valence-corrected chi connectivity index (χ4v) is 8.54. The smallest absolute Gasteiger partial charge is 0.248 e. The molecule has 1 N–H and O–H groups in total. The van der Waals surface area contributed by atoms with E-state index in [0.29, 0.717) is 86.1 Å². The number of fused-ring (bicyclic) bond motifs is 1. The maximum atomic E-state index is 17.3. The fraction of sp³-hybridized carbons (Fsp3) is 0.625. The van der Waals surface area contributed by atoms with Gasteiger partial charge < -0.3 is 24.2 Å². The van der Waals surface area contributed by atoms with Crippen molar-refractivity contribution >= 4 is 5.95 Å². The number of hydrogen-bond acceptors (Lipinski definition) is 8. The fourth-order valence-electron chi connectivity index (χ4n) is 8.54. The molecule has 1 aromatic carbocycles. The highest BCUT2D eigenvalue weighted by Gasteiger charge is 2.43. The van der Waals surface area contributed by atoms with Crippen LogP contribution in [0.3, 0.4) is 0 Å². The molecule has 276 valence electrons. The highest BCUT2D eigenvalue weighted by Crippen LogP contribution is 2.52. The van der Waals surface area contributed by atoms with E-state index in [1.54, 1.807) is 12.4 Å². The summed E-state index contributed by atoms with van der Waals surface area (Å²) in [6.45, 7) is 12.0. The molecule has 11 heteroatoms. The quantitative estimate of drug-likeness (QED) is 0.250. The zero-order chi connectivity index (χ0) is 36.1. The molecule has 0 amide bonds. The van der Waals surface area contributed by atoms with Gasteiger partial charge in [-0.15, -0.1) is 0 Å². The molecule has 4 aliphatic rings. The number of pyridine rings is 1. The summed E-state index contributed by atoms with van der Waals surface area (Å²) >= 11 is 0. The third-order valence-corrected chi connectivity index (χ3v) is 11.2. The van der Waals surface area contributed by atoms with Crippen molar-refractivity contribution in [3.05, 3.63) is 75.9 Å². The molecule has 7 rings (SSSR count). The lowest BCUT2D eigenvalue weighted by molar-refractivity contribution is -0.141. The first-order valence-corrected chi connectivity index (χ1v) is 18.5. The van der Waals surface area contributed by atoms with Gasteiger partial charge in [0.1, 0.15) is 12.7 Å². The van der Waals surface area contributed by atoms with Gasteiger partial charge in [-0.2, -0.15) is 0 Å². The van der Waals surface area contributed by atoms with Crippen LogP contribution in [-0.2, 0) is 15.9 Å². The Balaban J connectivity index is 1.18. The second kappa shape index (κ2) is 13.9. The molecule has 8 nitrogen and oxygen atoms in total. The Morgan fingerprint density at radius 3 is 2.25 bits per heavy atom. The van der Waals surface area contributed by atoms with E-state index in [1.165, 1.54) is 0 Å². The normalized spacial score (nSPS) is 25.4. The molecule has 3 aromatic rings. The Morgan fingerprint density at radius 2 is 1.63 bits per heavy atom. The summed E-state index contributed by atoms with van der Waals surface area (Å²) in [5.74, 6) is -2.53. The van der Waals surface area contributed by atoms with Crippen LogP contribution in [0.1, 0.15) is 136 Å². The lowest BCUT2D eigenvalue weighted by Crippen LogP contribution is -2.36. The van der Waals surface area contributed by atoms with Crippen molar-refractivity contribution in [2.45, 2.75) is 128 Å². The number of anilines is 1. The number of alkyl halides is 3. The number of benzene rings is 1. The molecule has 2 saturated heterocycles. The third kappa shape index (κ3) is 7.90. The number of rotatable bonds is 8. The molecule has 2 aromatic heterocycles. The molecular weight excluding hydrogens is 657 g/mol. The zero-order valence-corrected chi connectivity index (χ0v) is 30.4. The second-order valence-corrected chi connectivity index (χ2v) is 16.4. The van der Waals surface area contributed by atoms with Gasteiger partial charge in [0.15, 0.2) is 17.7 Å².